The molecule has 1 saturated heterocycles. The van der Waals surface area contributed by atoms with Gasteiger partial charge in [0, 0.05) is 35.5 Å². The smallest absolute Gasteiger partial charge is 0.342 e. The van der Waals surface area contributed by atoms with Crippen LogP contribution < -0.4 is 15.0 Å². The number of hydrogen-bond donors (Lipinski definition) is 1. The number of carbonyl (C=O) groups excluding carboxylic acids is 1. The Labute approximate surface area is 216 Å². The van der Waals surface area contributed by atoms with Gasteiger partial charge >= 0.3 is 5.97 Å². The zero-order valence-electron chi connectivity index (χ0n) is 20.8. The van der Waals surface area contributed by atoms with Crippen LogP contribution in [-0.4, -0.2) is 19.1 Å². The van der Waals surface area contributed by atoms with Crippen LogP contribution in [0.1, 0.15) is 51.9 Å². The molecule has 5 nitrogen and oxygen atoms in total. The molecule has 7 rings (SSSR count). The summed E-state index contributed by atoms with van der Waals surface area (Å²) in [6.07, 6.45) is 3.47. The van der Waals surface area contributed by atoms with Gasteiger partial charge < -0.3 is 19.7 Å². The van der Waals surface area contributed by atoms with Gasteiger partial charge in [-0.2, -0.15) is 0 Å². The van der Waals surface area contributed by atoms with Crippen LogP contribution in [0.25, 0.3) is 0 Å². The Morgan fingerprint density at radius 2 is 1.43 bits per heavy atom. The molecule has 0 aliphatic carbocycles. The van der Waals surface area contributed by atoms with Gasteiger partial charge in [0.15, 0.2) is 5.60 Å². The summed E-state index contributed by atoms with van der Waals surface area (Å²) < 4.78 is 12.9. The van der Waals surface area contributed by atoms with Crippen LogP contribution in [0.15, 0.2) is 84.9 Å². The number of nitrogens with zero attached hydrogens (tertiary/aromatic N) is 1. The van der Waals surface area contributed by atoms with Crippen molar-refractivity contribution in [1.82, 2.24) is 0 Å². The van der Waals surface area contributed by atoms with Crippen molar-refractivity contribution >= 4 is 23.0 Å². The number of esters is 1. The lowest BCUT2D eigenvalue weighted by molar-refractivity contribution is 0.0226. The molecule has 3 aliphatic heterocycles. The third-order valence-electron chi connectivity index (χ3n) is 7.80. The van der Waals surface area contributed by atoms with E-state index in [1.165, 1.54) is 6.42 Å². The standard InChI is InChI=1S/C32H28N2O3/c1-21-20-25(34-18-10-3-11-19-34)28-29(30(21)33-22-12-4-2-5-13-22)32(37-31(28)35)23-14-6-8-16-26(23)36-27-17-9-7-15-24(27)32/h2,4-9,12-17,20,33H,3,10-11,18-19H2,1H3. The summed E-state index contributed by atoms with van der Waals surface area (Å²) >= 11 is 0. The van der Waals surface area contributed by atoms with Crippen LogP contribution in [0.3, 0.4) is 0 Å². The minimum absolute atomic E-state index is 0.293. The highest BCUT2D eigenvalue weighted by molar-refractivity contribution is 6.05. The number of ether oxygens (including phenoxy) is 2. The molecule has 0 aromatic heterocycles. The summed E-state index contributed by atoms with van der Waals surface area (Å²) in [6.45, 7) is 3.99. The molecular weight excluding hydrogens is 460 g/mol. The second-order valence-electron chi connectivity index (χ2n) is 10.0. The first-order valence-corrected chi connectivity index (χ1v) is 13.0. The second-order valence-corrected chi connectivity index (χ2v) is 10.0. The van der Waals surface area contributed by atoms with Crippen LogP contribution in [0.4, 0.5) is 17.1 Å². The van der Waals surface area contributed by atoms with Gasteiger partial charge in [0.25, 0.3) is 0 Å². The number of aryl methyl sites for hydroxylation is 1. The number of rotatable bonds is 3. The van der Waals surface area contributed by atoms with Crippen molar-refractivity contribution in [2.45, 2.75) is 31.8 Å². The fourth-order valence-electron chi connectivity index (χ4n) is 6.15. The molecule has 5 heteroatoms. The van der Waals surface area contributed by atoms with Crippen molar-refractivity contribution in [3.8, 4) is 11.5 Å². The first-order chi connectivity index (χ1) is 18.2. The average Bonchev–Trinajstić information content (AvgIpc) is 3.24. The van der Waals surface area contributed by atoms with Crippen molar-refractivity contribution < 1.29 is 14.3 Å². The monoisotopic (exact) mass is 488 g/mol. The van der Waals surface area contributed by atoms with E-state index < -0.39 is 5.60 Å². The highest BCUT2D eigenvalue weighted by Crippen LogP contribution is 2.59. The van der Waals surface area contributed by atoms with Gasteiger partial charge in [-0.1, -0.05) is 54.6 Å². The minimum atomic E-state index is -1.12. The Morgan fingerprint density at radius 3 is 2.11 bits per heavy atom. The van der Waals surface area contributed by atoms with Crippen LogP contribution in [0.2, 0.25) is 0 Å². The SMILES string of the molecule is Cc1cc(N2CCCCC2)c2c(c1Nc1ccccc1)C1(OC2=O)c2ccccc2Oc2ccccc21. The number of hydrogen-bond acceptors (Lipinski definition) is 5. The number of anilines is 3. The number of fused-ring (bicyclic) bond motifs is 6. The van der Waals surface area contributed by atoms with Gasteiger partial charge in [-0.15, -0.1) is 0 Å². The summed E-state index contributed by atoms with van der Waals surface area (Å²) in [7, 11) is 0. The van der Waals surface area contributed by atoms with Gasteiger partial charge in [0.05, 0.1) is 16.9 Å². The highest BCUT2D eigenvalue weighted by Gasteiger charge is 2.56. The van der Waals surface area contributed by atoms with Crippen LogP contribution in [0.5, 0.6) is 11.5 Å². The van der Waals surface area contributed by atoms with Gasteiger partial charge in [0.2, 0.25) is 0 Å². The number of carbonyl (C=O) groups is 1. The Kier molecular flexibility index (Phi) is 5.00. The number of benzene rings is 4. The van der Waals surface area contributed by atoms with Crippen molar-refractivity contribution in [2.75, 3.05) is 23.3 Å². The molecule has 0 bridgehead atoms. The number of nitrogens with one attached hydrogen (secondary N) is 1. The molecule has 1 fully saturated rings. The Morgan fingerprint density at radius 1 is 0.811 bits per heavy atom. The molecule has 0 radical (unpaired) electrons. The topological polar surface area (TPSA) is 50.8 Å². The molecule has 0 atom stereocenters. The average molecular weight is 489 g/mol. The molecule has 184 valence electrons. The minimum Gasteiger partial charge on any atom is -0.456 e. The maximum atomic E-state index is 14.0. The Hall–Kier alpha value is -4.25. The lowest BCUT2D eigenvalue weighted by Crippen LogP contribution is -2.34. The third kappa shape index (κ3) is 3.27. The van der Waals surface area contributed by atoms with Crippen LogP contribution in [0, 0.1) is 6.92 Å². The molecule has 0 unspecified atom stereocenters. The fourth-order valence-corrected chi connectivity index (χ4v) is 6.15. The summed E-state index contributed by atoms with van der Waals surface area (Å²) in [5, 5.41) is 3.66. The summed E-state index contributed by atoms with van der Waals surface area (Å²) in [5.41, 5.74) is 5.98. The Balaban J connectivity index is 1.57. The predicted molar refractivity (Wildman–Crippen MR) is 145 cm³/mol. The highest BCUT2D eigenvalue weighted by atomic mass is 16.6. The lowest BCUT2D eigenvalue weighted by atomic mass is 9.76. The van der Waals surface area contributed by atoms with Crippen molar-refractivity contribution in [3.05, 3.63) is 113 Å². The first kappa shape index (κ1) is 22.0. The first-order valence-electron chi connectivity index (χ1n) is 13.0. The van der Waals surface area contributed by atoms with Crippen LogP contribution in [-0.2, 0) is 10.3 Å². The zero-order valence-corrected chi connectivity index (χ0v) is 20.8. The predicted octanol–water partition coefficient (Wildman–Crippen LogP) is 7.30. The number of para-hydroxylation sites is 3. The van der Waals surface area contributed by atoms with Crippen molar-refractivity contribution in [1.29, 1.82) is 0 Å². The summed E-state index contributed by atoms with van der Waals surface area (Å²) in [6, 6.07) is 28.1. The normalized spacial score (nSPS) is 16.9. The van der Waals surface area contributed by atoms with E-state index in [1.807, 2.05) is 78.9 Å². The second kappa shape index (κ2) is 8.41. The largest absolute Gasteiger partial charge is 0.456 e. The van der Waals surface area contributed by atoms with Gasteiger partial charge in [0.1, 0.15) is 11.5 Å². The van der Waals surface area contributed by atoms with Crippen molar-refractivity contribution in [2.24, 2.45) is 0 Å². The van der Waals surface area contributed by atoms with Gasteiger partial charge in [-0.3, -0.25) is 0 Å². The fraction of sp³-hybridized carbons (Fsp3) is 0.219. The number of piperidine rings is 1. The third-order valence-corrected chi connectivity index (χ3v) is 7.80. The quantitative estimate of drug-likeness (QED) is 0.307. The molecule has 4 aromatic carbocycles. The van der Waals surface area contributed by atoms with Crippen molar-refractivity contribution in [3.63, 3.8) is 0 Å². The van der Waals surface area contributed by atoms with E-state index in [4.69, 9.17) is 9.47 Å². The molecule has 0 amide bonds. The molecular formula is C32H28N2O3. The van der Waals surface area contributed by atoms with E-state index in [0.717, 1.165) is 65.2 Å². The van der Waals surface area contributed by atoms with E-state index >= 15 is 0 Å². The molecule has 1 N–H and O–H groups in total. The molecule has 1 spiro atoms. The van der Waals surface area contributed by atoms with E-state index in [-0.39, 0.29) is 5.97 Å². The van der Waals surface area contributed by atoms with E-state index in [0.29, 0.717) is 17.1 Å². The maximum Gasteiger partial charge on any atom is 0.342 e. The zero-order chi connectivity index (χ0) is 25.0. The Bertz CT molecular complexity index is 1480. The van der Waals surface area contributed by atoms with Gasteiger partial charge in [-0.05, 0) is 62.1 Å². The molecule has 3 aliphatic rings. The summed E-state index contributed by atoms with van der Waals surface area (Å²) in [5.74, 6) is 1.11. The van der Waals surface area contributed by atoms with Gasteiger partial charge in [-0.25, -0.2) is 4.79 Å². The van der Waals surface area contributed by atoms with E-state index in [9.17, 15) is 4.79 Å². The molecule has 37 heavy (non-hydrogen) atoms. The summed E-state index contributed by atoms with van der Waals surface area (Å²) in [4.78, 5) is 16.4. The molecule has 3 heterocycles. The van der Waals surface area contributed by atoms with E-state index in [1.54, 1.807) is 0 Å². The maximum absolute atomic E-state index is 14.0. The molecule has 4 aromatic rings. The van der Waals surface area contributed by atoms with E-state index in [2.05, 4.69) is 23.2 Å². The lowest BCUT2D eigenvalue weighted by Gasteiger charge is -2.38. The molecule has 0 saturated carbocycles. The van der Waals surface area contributed by atoms with Crippen LogP contribution >= 0.6 is 0 Å².